The number of amides is 1. The number of nitrogens with one attached hydrogen (secondary N) is 1. The smallest absolute Gasteiger partial charge is 0.230 e. The molecule has 126 valence electrons. The molecule has 0 aliphatic heterocycles. The maximum absolute atomic E-state index is 12.2. The fourth-order valence-electron chi connectivity index (χ4n) is 2.40. The molecule has 0 atom stereocenters. The van der Waals surface area contributed by atoms with Crippen molar-refractivity contribution in [1.29, 1.82) is 0 Å². The Morgan fingerprint density at radius 2 is 1.88 bits per heavy atom. The zero-order valence-electron chi connectivity index (χ0n) is 14.1. The second-order valence-electron chi connectivity index (χ2n) is 5.87. The SMILES string of the molecule is CC(=O)c1cccc(NC(=O)Cc2csc(-c3ccc(C)cc3)n2)c1. The van der Waals surface area contributed by atoms with Crippen LogP contribution in [0.15, 0.2) is 53.9 Å². The van der Waals surface area contributed by atoms with Gasteiger partial charge < -0.3 is 5.32 Å². The Bertz CT molecular complexity index is 913. The molecular weight excluding hydrogens is 332 g/mol. The van der Waals surface area contributed by atoms with Gasteiger partial charge in [0.15, 0.2) is 5.78 Å². The molecule has 0 aliphatic carbocycles. The van der Waals surface area contributed by atoms with Crippen LogP contribution in [0.1, 0.15) is 28.5 Å². The van der Waals surface area contributed by atoms with E-state index in [9.17, 15) is 9.59 Å². The molecule has 0 radical (unpaired) electrons. The van der Waals surface area contributed by atoms with Gasteiger partial charge in [-0.1, -0.05) is 42.0 Å². The minimum absolute atomic E-state index is 0.0293. The molecule has 1 aromatic heterocycles. The first-order valence-corrected chi connectivity index (χ1v) is 8.81. The van der Waals surface area contributed by atoms with E-state index in [2.05, 4.69) is 10.3 Å². The Hall–Kier alpha value is -2.79. The maximum atomic E-state index is 12.2. The fourth-order valence-corrected chi connectivity index (χ4v) is 3.23. The molecule has 5 heteroatoms. The Kier molecular flexibility index (Phi) is 5.05. The van der Waals surface area contributed by atoms with Crippen molar-refractivity contribution in [2.45, 2.75) is 20.3 Å². The number of aromatic nitrogens is 1. The molecule has 0 bridgehead atoms. The largest absolute Gasteiger partial charge is 0.326 e. The van der Waals surface area contributed by atoms with E-state index in [-0.39, 0.29) is 18.1 Å². The van der Waals surface area contributed by atoms with E-state index >= 15 is 0 Å². The van der Waals surface area contributed by atoms with Gasteiger partial charge in [-0.3, -0.25) is 9.59 Å². The molecule has 4 nitrogen and oxygen atoms in total. The highest BCUT2D eigenvalue weighted by atomic mass is 32.1. The zero-order chi connectivity index (χ0) is 17.8. The van der Waals surface area contributed by atoms with Crippen molar-refractivity contribution in [1.82, 2.24) is 4.98 Å². The number of rotatable bonds is 5. The Balaban J connectivity index is 1.66. The van der Waals surface area contributed by atoms with Crippen LogP contribution in [0.5, 0.6) is 0 Å². The number of aryl methyl sites for hydroxylation is 1. The second kappa shape index (κ2) is 7.40. The monoisotopic (exact) mass is 350 g/mol. The number of hydrogen-bond donors (Lipinski definition) is 1. The molecule has 0 unspecified atom stereocenters. The summed E-state index contributed by atoms with van der Waals surface area (Å²) in [7, 11) is 0. The summed E-state index contributed by atoms with van der Waals surface area (Å²) >= 11 is 1.53. The van der Waals surface area contributed by atoms with Crippen LogP contribution in [-0.2, 0) is 11.2 Å². The van der Waals surface area contributed by atoms with Crippen molar-refractivity contribution < 1.29 is 9.59 Å². The lowest BCUT2D eigenvalue weighted by Gasteiger charge is -2.05. The molecule has 2 aromatic carbocycles. The highest BCUT2D eigenvalue weighted by Crippen LogP contribution is 2.24. The van der Waals surface area contributed by atoms with Crippen molar-refractivity contribution in [3.8, 4) is 10.6 Å². The van der Waals surface area contributed by atoms with Crippen LogP contribution < -0.4 is 5.32 Å². The molecule has 0 fully saturated rings. The quantitative estimate of drug-likeness (QED) is 0.689. The summed E-state index contributed by atoms with van der Waals surface area (Å²) in [4.78, 5) is 28.2. The number of ketones is 1. The van der Waals surface area contributed by atoms with E-state index in [1.807, 2.05) is 36.6 Å². The molecule has 0 spiro atoms. The summed E-state index contributed by atoms with van der Waals surface area (Å²) < 4.78 is 0. The first-order valence-electron chi connectivity index (χ1n) is 7.93. The lowest BCUT2D eigenvalue weighted by atomic mass is 10.1. The molecule has 3 rings (SSSR count). The predicted octanol–water partition coefficient (Wildman–Crippen LogP) is 4.50. The van der Waals surface area contributed by atoms with Gasteiger partial charge in [0.25, 0.3) is 0 Å². The molecule has 0 saturated carbocycles. The number of thiazole rings is 1. The van der Waals surface area contributed by atoms with E-state index in [1.54, 1.807) is 24.3 Å². The lowest BCUT2D eigenvalue weighted by Crippen LogP contribution is -2.14. The average Bonchev–Trinajstić information content (AvgIpc) is 3.04. The molecule has 0 aliphatic rings. The number of carbonyl (C=O) groups is 2. The van der Waals surface area contributed by atoms with E-state index in [4.69, 9.17) is 0 Å². The average molecular weight is 350 g/mol. The summed E-state index contributed by atoms with van der Waals surface area (Å²) in [6, 6.07) is 15.1. The lowest BCUT2D eigenvalue weighted by molar-refractivity contribution is -0.115. The number of anilines is 1. The molecule has 25 heavy (non-hydrogen) atoms. The van der Waals surface area contributed by atoms with Gasteiger partial charge in [-0.25, -0.2) is 4.98 Å². The Labute approximate surface area is 150 Å². The first-order chi connectivity index (χ1) is 12.0. The Morgan fingerprint density at radius 3 is 2.60 bits per heavy atom. The van der Waals surface area contributed by atoms with Gasteiger partial charge in [-0.05, 0) is 26.0 Å². The highest BCUT2D eigenvalue weighted by molar-refractivity contribution is 7.13. The van der Waals surface area contributed by atoms with Gasteiger partial charge in [0, 0.05) is 22.2 Å². The summed E-state index contributed by atoms with van der Waals surface area (Å²) in [5, 5.41) is 5.62. The van der Waals surface area contributed by atoms with Gasteiger partial charge >= 0.3 is 0 Å². The number of benzene rings is 2. The number of hydrogen-bond acceptors (Lipinski definition) is 4. The molecule has 1 N–H and O–H groups in total. The van der Waals surface area contributed by atoms with Crippen LogP contribution in [0.4, 0.5) is 5.69 Å². The van der Waals surface area contributed by atoms with E-state index < -0.39 is 0 Å². The standard InChI is InChI=1S/C20H18N2O2S/c1-13-6-8-15(9-7-13)20-22-18(12-25-20)11-19(24)21-17-5-3-4-16(10-17)14(2)23/h3-10,12H,11H2,1-2H3,(H,21,24). The summed E-state index contributed by atoms with van der Waals surface area (Å²) in [5.74, 6) is -0.181. The van der Waals surface area contributed by atoms with Crippen molar-refractivity contribution in [3.63, 3.8) is 0 Å². The predicted molar refractivity (Wildman–Crippen MR) is 101 cm³/mol. The van der Waals surface area contributed by atoms with Gasteiger partial charge in [0.2, 0.25) is 5.91 Å². The van der Waals surface area contributed by atoms with Crippen LogP contribution in [0, 0.1) is 6.92 Å². The third-order valence-corrected chi connectivity index (χ3v) is 4.68. The first kappa shape index (κ1) is 17.0. The summed E-state index contributed by atoms with van der Waals surface area (Å²) in [6.07, 6.45) is 0.201. The highest BCUT2D eigenvalue weighted by Gasteiger charge is 2.10. The van der Waals surface area contributed by atoms with Crippen LogP contribution in [-0.4, -0.2) is 16.7 Å². The number of carbonyl (C=O) groups excluding carboxylic acids is 2. The van der Waals surface area contributed by atoms with E-state index in [0.29, 0.717) is 11.3 Å². The van der Waals surface area contributed by atoms with Crippen molar-refractivity contribution in [2.75, 3.05) is 5.32 Å². The van der Waals surface area contributed by atoms with E-state index in [1.165, 1.54) is 23.8 Å². The molecular formula is C20H18N2O2S. The van der Waals surface area contributed by atoms with Crippen molar-refractivity contribution >= 4 is 28.7 Å². The van der Waals surface area contributed by atoms with Gasteiger partial charge in [0.1, 0.15) is 5.01 Å². The summed E-state index contributed by atoms with van der Waals surface area (Å²) in [5.41, 5.74) is 4.18. The van der Waals surface area contributed by atoms with Gasteiger partial charge in [-0.2, -0.15) is 0 Å². The minimum atomic E-state index is -0.151. The maximum Gasteiger partial charge on any atom is 0.230 e. The van der Waals surface area contributed by atoms with Gasteiger partial charge in [0.05, 0.1) is 12.1 Å². The number of Topliss-reactive ketones (excluding diaryl/α,β-unsaturated/α-hetero) is 1. The van der Waals surface area contributed by atoms with Gasteiger partial charge in [-0.15, -0.1) is 11.3 Å². The minimum Gasteiger partial charge on any atom is -0.326 e. The third kappa shape index (κ3) is 4.39. The topological polar surface area (TPSA) is 59.1 Å². The fraction of sp³-hybridized carbons (Fsp3) is 0.150. The van der Waals surface area contributed by atoms with E-state index in [0.717, 1.165) is 16.3 Å². The Morgan fingerprint density at radius 1 is 1.12 bits per heavy atom. The normalized spacial score (nSPS) is 10.5. The second-order valence-corrected chi connectivity index (χ2v) is 6.73. The third-order valence-electron chi connectivity index (χ3n) is 3.74. The summed E-state index contributed by atoms with van der Waals surface area (Å²) in [6.45, 7) is 3.55. The number of nitrogens with zero attached hydrogens (tertiary/aromatic N) is 1. The van der Waals surface area contributed by atoms with Crippen molar-refractivity contribution in [3.05, 3.63) is 70.7 Å². The molecule has 0 saturated heterocycles. The molecule has 1 heterocycles. The van der Waals surface area contributed by atoms with Crippen LogP contribution >= 0.6 is 11.3 Å². The zero-order valence-corrected chi connectivity index (χ0v) is 14.9. The van der Waals surface area contributed by atoms with Crippen LogP contribution in [0.25, 0.3) is 10.6 Å². The molecule has 3 aromatic rings. The van der Waals surface area contributed by atoms with Crippen molar-refractivity contribution in [2.24, 2.45) is 0 Å². The van der Waals surface area contributed by atoms with Crippen LogP contribution in [0.2, 0.25) is 0 Å². The van der Waals surface area contributed by atoms with Crippen LogP contribution in [0.3, 0.4) is 0 Å². The molecule has 1 amide bonds.